The number of rotatable bonds is 2. The molecule has 1 aromatic carbocycles. The van der Waals surface area contributed by atoms with Crippen molar-refractivity contribution in [3.05, 3.63) is 54.2 Å². The third-order valence-corrected chi connectivity index (χ3v) is 8.39. The van der Waals surface area contributed by atoms with Gasteiger partial charge in [0, 0.05) is 46.3 Å². The fourth-order valence-corrected chi connectivity index (χ4v) is 5.99. The molecule has 2 aliphatic heterocycles. The smallest absolute Gasteiger partial charge is 0.276 e. The number of aromatic nitrogens is 7. The third kappa shape index (κ3) is 5.01. The molecule has 42 heavy (non-hydrogen) atoms. The van der Waals surface area contributed by atoms with Gasteiger partial charge in [-0.2, -0.15) is 5.10 Å². The molecule has 0 radical (unpaired) electrons. The van der Waals surface area contributed by atoms with E-state index in [1.165, 1.54) is 5.56 Å². The minimum atomic E-state index is -0.331. The molecule has 1 amide bonds. The van der Waals surface area contributed by atoms with Gasteiger partial charge in [-0.25, -0.2) is 19.6 Å². The van der Waals surface area contributed by atoms with Crippen LogP contribution in [0.4, 0.5) is 5.95 Å². The molecule has 6 heterocycles. The van der Waals surface area contributed by atoms with E-state index < -0.39 is 0 Å². The van der Waals surface area contributed by atoms with E-state index in [2.05, 4.69) is 66.9 Å². The number of carbonyl (C=O) groups excluding carboxylic acids is 1. The summed E-state index contributed by atoms with van der Waals surface area (Å²) in [4.78, 5) is 32.4. The number of amides is 1. The summed E-state index contributed by atoms with van der Waals surface area (Å²) in [6.45, 7) is 8.71. The number of likely N-dealkylation sites (N-methyl/N-ethyl adjacent to an activating group) is 1. The molecule has 1 unspecified atom stereocenters. The molecule has 2 aliphatic rings. The number of hydrogen-bond acceptors (Lipinski definition) is 8. The summed E-state index contributed by atoms with van der Waals surface area (Å²) in [5.74, 6) is 1.19. The summed E-state index contributed by atoms with van der Waals surface area (Å²) in [6, 6.07) is 8.22. The largest absolute Gasteiger partial charge is 0.477 e. The van der Waals surface area contributed by atoms with Gasteiger partial charge >= 0.3 is 0 Å². The topological polar surface area (TPSA) is 111 Å². The fraction of sp³-hybridized carbons (Fsp3) is 0.433. The van der Waals surface area contributed by atoms with Crippen LogP contribution in [-0.4, -0.2) is 89.2 Å². The number of anilines is 1. The van der Waals surface area contributed by atoms with Crippen molar-refractivity contribution >= 4 is 28.5 Å². The lowest BCUT2D eigenvalue weighted by molar-refractivity contribution is 0.102. The van der Waals surface area contributed by atoms with Gasteiger partial charge in [0.25, 0.3) is 5.91 Å². The van der Waals surface area contributed by atoms with Crippen LogP contribution in [0.1, 0.15) is 35.8 Å². The first-order valence-corrected chi connectivity index (χ1v) is 14.6. The minimum Gasteiger partial charge on any atom is -0.477 e. The van der Waals surface area contributed by atoms with Gasteiger partial charge in [0.15, 0.2) is 5.65 Å². The molecular formula is C30H36N10O2. The lowest BCUT2D eigenvalue weighted by Gasteiger charge is -2.32. The lowest BCUT2D eigenvalue weighted by atomic mass is 10.1. The van der Waals surface area contributed by atoms with E-state index in [1.54, 1.807) is 29.5 Å². The first-order chi connectivity index (χ1) is 20.4. The van der Waals surface area contributed by atoms with Crippen molar-refractivity contribution in [3.63, 3.8) is 0 Å². The van der Waals surface area contributed by atoms with E-state index in [9.17, 15) is 4.79 Å². The monoisotopic (exact) mass is 568 g/mol. The van der Waals surface area contributed by atoms with Crippen LogP contribution in [0.25, 0.3) is 27.9 Å². The summed E-state index contributed by atoms with van der Waals surface area (Å²) in [5, 5.41) is 7.53. The Kier molecular flexibility index (Phi) is 6.87. The Balaban J connectivity index is 1.28. The number of carbonyl (C=O) groups is 1. The van der Waals surface area contributed by atoms with Crippen LogP contribution in [0.2, 0.25) is 0 Å². The number of aryl methyl sites for hydroxylation is 1. The van der Waals surface area contributed by atoms with Crippen molar-refractivity contribution in [3.8, 4) is 17.1 Å². The van der Waals surface area contributed by atoms with Crippen molar-refractivity contribution in [2.75, 3.05) is 45.2 Å². The van der Waals surface area contributed by atoms with Crippen molar-refractivity contribution in [1.82, 2.24) is 43.5 Å². The first kappa shape index (κ1) is 26.6. The maximum Gasteiger partial charge on any atom is 0.276 e. The SMILES string of the molecule is CC1CCCOc2c(cnn2C)-c2cc(nc3cncn23)C(=O)Nc2nc3ccc(CN4CCN(C)CC4)cc3n2C1. The minimum absolute atomic E-state index is 0.269. The van der Waals surface area contributed by atoms with Gasteiger partial charge in [0.1, 0.15) is 12.0 Å². The van der Waals surface area contributed by atoms with Gasteiger partial charge in [-0.3, -0.25) is 19.4 Å². The number of nitrogens with one attached hydrogen (secondary N) is 1. The molecule has 12 nitrogen and oxygen atoms in total. The quantitative estimate of drug-likeness (QED) is 0.346. The number of imidazole rings is 2. The number of piperazine rings is 1. The molecular weight excluding hydrogens is 532 g/mol. The number of fused-ring (bicyclic) bond motifs is 9. The highest BCUT2D eigenvalue weighted by Crippen LogP contribution is 2.32. The van der Waals surface area contributed by atoms with Crippen LogP contribution >= 0.6 is 0 Å². The average Bonchev–Trinajstić information content (AvgIpc) is 3.69. The van der Waals surface area contributed by atoms with Crippen LogP contribution in [-0.2, 0) is 20.1 Å². The van der Waals surface area contributed by atoms with E-state index in [0.29, 0.717) is 30.0 Å². The van der Waals surface area contributed by atoms with Crippen LogP contribution in [0.15, 0.2) is 43.0 Å². The first-order valence-electron chi connectivity index (χ1n) is 14.6. The van der Waals surface area contributed by atoms with Crippen LogP contribution in [0.5, 0.6) is 5.88 Å². The molecule has 2 bridgehead atoms. The second-order valence-corrected chi connectivity index (χ2v) is 11.6. The highest BCUT2D eigenvalue weighted by Gasteiger charge is 2.23. The van der Waals surface area contributed by atoms with E-state index in [-0.39, 0.29) is 11.6 Å². The molecule has 12 heteroatoms. The van der Waals surface area contributed by atoms with Gasteiger partial charge < -0.3 is 14.2 Å². The standard InChI is InChI=1S/C30H36N10O2/c1-20-5-4-12-42-29-22(15-32-37(29)3)25-14-24(33-27-16-31-19-40(25)27)28(41)35-30-34-23-7-6-21(13-26(23)39(30)17-20)18-38-10-8-36(2)9-11-38/h6-7,13-16,19-20H,4-5,8-12,17-18H2,1-3H3,(H,34,35,41). The van der Waals surface area contributed by atoms with Gasteiger partial charge in [-0.05, 0) is 49.6 Å². The summed E-state index contributed by atoms with van der Waals surface area (Å²) >= 11 is 0. The maximum absolute atomic E-state index is 13.8. The molecule has 1 atom stereocenters. The zero-order chi connectivity index (χ0) is 28.8. The molecule has 1 fully saturated rings. The van der Waals surface area contributed by atoms with Crippen molar-refractivity contribution < 1.29 is 9.53 Å². The van der Waals surface area contributed by atoms with Gasteiger partial charge in [-0.1, -0.05) is 13.0 Å². The van der Waals surface area contributed by atoms with Crippen LogP contribution in [0, 0.1) is 5.92 Å². The summed E-state index contributed by atoms with van der Waals surface area (Å²) in [6.07, 6.45) is 6.93. The van der Waals surface area contributed by atoms with E-state index in [0.717, 1.165) is 74.4 Å². The fourth-order valence-electron chi connectivity index (χ4n) is 5.99. The second-order valence-electron chi connectivity index (χ2n) is 11.6. The Bertz CT molecular complexity index is 1760. The summed E-state index contributed by atoms with van der Waals surface area (Å²) in [7, 11) is 4.03. The predicted octanol–water partition coefficient (Wildman–Crippen LogP) is 3.29. The Hall–Kier alpha value is -4.29. The highest BCUT2D eigenvalue weighted by atomic mass is 16.5. The number of ether oxygens (including phenoxy) is 1. The zero-order valence-electron chi connectivity index (χ0n) is 24.3. The molecule has 1 N–H and O–H groups in total. The molecule has 7 rings (SSSR count). The summed E-state index contributed by atoms with van der Waals surface area (Å²) in [5.41, 5.74) is 5.49. The van der Waals surface area contributed by atoms with E-state index in [4.69, 9.17) is 9.72 Å². The average molecular weight is 569 g/mol. The number of benzene rings is 1. The molecule has 5 aromatic rings. The number of hydrogen-bond donors (Lipinski definition) is 1. The van der Waals surface area contributed by atoms with E-state index in [1.807, 2.05) is 11.4 Å². The molecule has 0 saturated carbocycles. The second kappa shape index (κ2) is 10.8. The Morgan fingerprint density at radius 3 is 2.79 bits per heavy atom. The van der Waals surface area contributed by atoms with E-state index >= 15 is 0 Å². The summed E-state index contributed by atoms with van der Waals surface area (Å²) < 4.78 is 12.0. The molecule has 4 aromatic heterocycles. The molecule has 0 aliphatic carbocycles. The van der Waals surface area contributed by atoms with Crippen LogP contribution < -0.4 is 10.1 Å². The Morgan fingerprint density at radius 2 is 1.93 bits per heavy atom. The van der Waals surface area contributed by atoms with Crippen molar-refractivity contribution in [2.45, 2.75) is 32.9 Å². The Morgan fingerprint density at radius 1 is 1.07 bits per heavy atom. The molecule has 0 spiro atoms. The van der Waals surface area contributed by atoms with Crippen molar-refractivity contribution in [2.24, 2.45) is 13.0 Å². The molecule has 218 valence electrons. The molecule has 1 saturated heterocycles. The Labute approximate surface area is 243 Å². The highest BCUT2D eigenvalue weighted by molar-refractivity contribution is 6.03. The van der Waals surface area contributed by atoms with Crippen LogP contribution in [0.3, 0.4) is 0 Å². The third-order valence-electron chi connectivity index (χ3n) is 8.39. The van der Waals surface area contributed by atoms with Crippen molar-refractivity contribution in [1.29, 1.82) is 0 Å². The normalized spacial score (nSPS) is 19.1. The predicted molar refractivity (Wildman–Crippen MR) is 160 cm³/mol. The maximum atomic E-state index is 13.8. The number of nitrogens with zero attached hydrogens (tertiary/aromatic N) is 9. The van der Waals surface area contributed by atoms with Gasteiger partial charge in [-0.15, -0.1) is 0 Å². The lowest BCUT2D eigenvalue weighted by Crippen LogP contribution is -2.43. The zero-order valence-corrected chi connectivity index (χ0v) is 24.3. The van der Waals surface area contributed by atoms with Gasteiger partial charge in [0.05, 0.1) is 41.3 Å². The van der Waals surface area contributed by atoms with Gasteiger partial charge in [0.2, 0.25) is 11.8 Å².